The van der Waals surface area contributed by atoms with Gasteiger partial charge in [0.2, 0.25) is 5.89 Å². The highest BCUT2D eigenvalue weighted by Gasteiger charge is 2.14. The number of hydrogen-bond donors (Lipinski definition) is 0. The molecule has 106 valence electrons. The Morgan fingerprint density at radius 3 is 2.60 bits per heavy atom. The van der Waals surface area contributed by atoms with Gasteiger partial charge in [0.1, 0.15) is 5.76 Å². The summed E-state index contributed by atoms with van der Waals surface area (Å²) in [5.41, 5.74) is 3.19. The first-order valence-corrected chi connectivity index (χ1v) is 6.98. The van der Waals surface area contributed by atoms with E-state index in [0.29, 0.717) is 5.89 Å². The van der Waals surface area contributed by atoms with Gasteiger partial charge < -0.3 is 4.42 Å². The molecule has 0 spiro atoms. The van der Waals surface area contributed by atoms with Gasteiger partial charge in [0.15, 0.2) is 0 Å². The Bertz CT molecular complexity index is 572. The van der Waals surface area contributed by atoms with Crippen LogP contribution in [0.3, 0.4) is 0 Å². The number of likely N-dealkylation sites (N-methyl/N-ethyl adjacent to an activating group) is 1. The van der Waals surface area contributed by atoms with E-state index in [-0.39, 0.29) is 0 Å². The minimum atomic E-state index is 0.699. The van der Waals surface area contributed by atoms with Crippen molar-refractivity contribution in [3.05, 3.63) is 53.9 Å². The molecule has 0 saturated heterocycles. The molecule has 0 aliphatic heterocycles. The van der Waals surface area contributed by atoms with Crippen molar-refractivity contribution in [3.8, 4) is 11.5 Å². The third kappa shape index (κ3) is 3.58. The summed E-state index contributed by atoms with van der Waals surface area (Å²) in [5.74, 6) is 1.59. The Morgan fingerprint density at radius 2 is 2.00 bits per heavy atom. The molecule has 0 fully saturated rings. The fourth-order valence-electron chi connectivity index (χ4n) is 2.15. The van der Waals surface area contributed by atoms with Crippen molar-refractivity contribution in [2.75, 3.05) is 13.1 Å². The lowest BCUT2D eigenvalue weighted by molar-refractivity contribution is 0.299. The van der Waals surface area contributed by atoms with Crippen LogP contribution in [0.4, 0.5) is 0 Å². The van der Waals surface area contributed by atoms with Crippen LogP contribution in [0.25, 0.3) is 11.5 Å². The highest BCUT2D eigenvalue weighted by Crippen LogP contribution is 2.22. The summed E-state index contributed by atoms with van der Waals surface area (Å²) in [4.78, 5) is 6.94. The fourth-order valence-corrected chi connectivity index (χ4v) is 2.15. The van der Waals surface area contributed by atoms with E-state index in [0.717, 1.165) is 42.2 Å². The normalized spacial score (nSPS) is 11.0. The monoisotopic (exact) mass is 270 g/mol. The molecular formula is C17H22N2O. The van der Waals surface area contributed by atoms with E-state index in [1.165, 1.54) is 0 Å². The number of hydrogen-bond acceptors (Lipinski definition) is 3. The largest absolute Gasteiger partial charge is 0.441 e. The van der Waals surface area contributed by atoms with Crippen molar-refractivity contribution >= 4 is 0 Å². The van der Waals surface area contributed by atoms with Crippen LogP contribution in [-0.4, -0.2) is 23.0 Å². The number of benzene rings is 1. The standard InChI is InChI=1S/C17H22N2O/c1-5-19(11-13(2)3)12-16-14(4)20-17(18-16)15-9-7-6-8-10-15/h6-10H,2,5,11-12H2,1,3-4H3. The maximum atomic E-state index is 5.79. The number of nitrogens with zero attached hydrogens (tertiary/aromatic N) is 2. The van der Waals surface area contributed by atoms with Crippen molar-refractivity contribution in [1.29, 1.82) is 0 Å². The Morgan fingerprint density at radius 1 is 1.30 bits per heavy atom. The predicted octanol–water partition coefficient (Wildman–Crippen LogP) is 4.05. The summed E-state index contributed by atoms with van der Waals surface area (Å²) in [7, 11) is 0. The molecule has 0 aliphatic carbocycles. The minimum absolute atomic E-state index is 0.699. The van der Waals surface area contributed by atoms with Crippen LogP contribution in [0.5, 0.6) is 0 Å². The molecule has 1 aromatic carbocycles. The van der Waals surface area contributed by atoms with Gasteiger partial charge in [0.05, 0.1) is 5.69 Å². The maximum absolute atomic E-state index is 5.79. The SMILES string of the molecule is C=C(C)CN(CC)Cc1nc(-c2ccccc2)oc1C. The first kappa shape index (κ1) is 14.5. The third-order valence-electron chi connectivity index (χ3n) is 3.23. The summed E-state index contributed by atoms with van der Waals surface area (Å²) in [5, 5.41) is 0. The van der Waals surface area contributed by atoms with E-state index < -0.39 is 0 Å². The van der Waals surface area contributed by atoms with Gasteiger partial charge >= 0.3 is 0 Å². The lowest BCUT2D eigenvalue weighted by Crippen LogP contribution is -2.25. The second kappa shape index (κ2) is 6.53. The van der Waals surface area contributed by atoms with Crippen molar-refractivity contribution in [2.45, 2.75) is 27.3 Å². The lowest BCUT2D eigenvalue weighted by Gasteiger charge is -2.19. The van der Waals surface area contributed by atoms with Crippen molar-refractivity contribution in [3.63, 3.8) is 0 Å². The second-order valence-corrected chi connectivity index (χ2v) is 5.15. The van der Waals surface area contributed by atoms with Gasteiger partial charge in [-0.1, -0.05) is 37.3 Å². The molecule has 3 heteroatoms. The average molecular weight is 270 g/mol. The van der Waals surface area contributed by atoms with Crippen LogP contribution in [-0.2, 0) is 6.54 Å². The summed E-state index contributed by atoms with van der Waals surface area (Å²) in [6, 6.07) is 10.0. The maximum Gasteiger partial charge on any atom is 0.226 e. The van der Waals surface area contributed by atoms with Crippen molar-refractivity contribution in [1.82, 2.24) is 9.88 Å². The van der Waals surface area contributed by atoms with Crippen molar-refractivity contribution in [2.24, 2.45) is 0 Å². The molecule has 0 atom stereocenters. The smallest absolute Gasteiger partial charge is 0.226 e. The van der Waals surface area contributed by atoms with Crippen LogP contribution in [0.2, 0.25) is 0 Å². The molecule has 20 heavy (non-hydrogen) atoms. The number of oxazole rings is 1. The lowest BCUT2D eigenvalue weighted by atomic mass is 10.2. The van der Waals surface area contributed by atoms with Crippen LogP contribution in [0.1, 0.15) is 25.3 Å². The average Bonchev–Trinajstić information content (AvgIpc) is 2.80. The number of aromatic nitrogens is 1. The van der Waals surface area contributed by atoms with E-state index in [1.54, 1.807) is 0 Å². The molecule has 2 aromatic rings. The van der Waals surface area contributed by atoms with E-state index in [4.69, 9.17) is 4.42 Å². The molecule has 3 nitrogen and oxygen atoms in total. The van der Waals surface area contributed by atoms with Crippen LogP contribution in [0, 0.1) is 6.92 Å². The molecule has 0 saturated carbocycles. The number of rotatable bonds is 6. The number of aryl methyl sites for hydroxylation is 1. The molecular weight excluding hydrogens is 248 g/mol. The zero-order valence-corrected chi connectivity index (χ0v) is 12.5. The Balaban J connectivity index is 2.17. The topological polar surface area (TPSA) is 29.3 Å². The molecule has 0 N–H and O–H groups in total. The third-order valence-corrected chi connectivity index (χ3v) is 3.23. The molecule has 1 aromatic heterocycles. The first-order chi connectivity index (χ1) is 9.60. The second-order valence-electron chi connectivity index (χ2n) is 5.15. The van der Waals surface area contributed by atoms with E-state index in [2.05, 4.69) is 23.4 Å². The molecule has 0 amide bonds. The van der Waals surface area contributed by atoms with Gasteiger partial charge in [0, 0.05) is 18.7 Å². The molecule has 1 heterocycles. The van der Waals surface area contributed by atoms with Gasteiger partial charge in [-0.15, -0.1) is 0 Å². The zero-order valence-electron chi connectivity index (χ0n) is 12.5. The van der Waals surface area contributed by atoms with Gasteiger partial charge in [-0.25, -0.2) is 4.98 Å². The Kier molecular flexibility index (Phi) is 4.74. The first-order valence-electron chi connectivity index (χ1n) is 6.98. The summed E-state index contributed by atoms with van der Waals surface area (Å²) >= 11 is 0. The van der Waals surface area contributed by atoms with Gasteiger partial charge in [-0.05, 0) is 32.5 Å². The Hall–Kier alpha value is -1.87. The van der Waals surface area contributed by atoms with E-state index >= 15 is 0 Å². The molecule has 0 radical (unpaired) electrons. The van der Waals surface area contributed by atoms with Crippen LogP contribution >= 0.6 is 0 Å². The fraction of sp³-hybridized carbons (Fsp3) is 0.353. The van der Waals surface area contributed by atoms with Crippen LogP contribution in [0.15, 0.2) is 46.9 Å². The van der Waals surface area contributed by atoms with E-state index in [1.807, 2.05) is 44.2 Å². The molecule has 2 rings (SSSR count). The molecule has 0 aliphatic rings. The summed E-state index contributed by atoms with van der Waals surface area (Å²) in [6.45, 7) is 12.8. The highest BCUT2D eigenvalue weighted by molar-refractivity contribution is 5.53. The van der Waals surface area contributed by atoms with E-state index in [9.17, 15) is 0 Å². The van der Waals surface area contributed by atoms with Crippen LogP contribution < -0.4 is 0 Å². The Labute approximate surface area is 120 Å². The van der Waals surface area contributed by atoms with Gasteiger partial charge in [-0.2, -0.15) is 0 Å². The predicted molar refractivity (Wildman–Crippen MR) is 82.4 cm³/mol. The quantitative estimate of drug-likeness (QED) is 0.742. The molecule has 0 unspecified atom stereocenters. The van der Waals surface area contributed by atoms with Gasteiger partial charge in [0.25, 0.3) is 0 Å². The van der Waals surface area contributed by atoms with Crippen molar-refractivity contribution < 1.29 is 4.42 Å². The zero-order chi connectivity index (χ0) is 14.5. The summed E-state index contributed by atoms with van der Waals surface area (Å²) in [6.07, 6.45) is 0. The minimum Gasteiger partial charge on any atom is -0.441 e. The summed E-state index contributed by atoms with van der Waals surface area (Å²) < 4.78 is 5.79. The molecule has 0 bridgehead atoms. The highest BCUT2D eigenvalue weighted by atomic mass is 16.4. The van der Waals surface area contributed by atoms with Gasteiger partial charge in [-0.3, -0.25) is 4.90 Å².